The highest BCUT2D eigenvalue weighted by Crippen LogP contribution is 2.59. The Morgan fingerprint density at radius 1 is 0.926 bits per heavy atom. The molecule has 158 valence electrons. The van der Waals surface area contributed by atoms with Crippen LogP contribution in [0.15, 0.2) is 0 Å². The summed E-state index contributed by atoms with van der Waals surface area (Å²) in [4.78, 5) is 13.1. The molecule has 2 saturated carbocycles. The second-order valence-corrected chi connectivity index (χ2v) is 17.1. The third-order valence-electron chi connectivity index (χ3n) is 6.77. The lowest BCUT2D eigenvalue weighted by molar-refractivity contribution is -0.142. The van der Waals surface area contributed by atoms with Crippen LogP contribution in [0, 0.1) is 17.8 Å². The molecule has 0 saturated heterocycles. The van der Waals surface area contributed by atoms with Gasteiger partial charge in [0.25, 0.3) is 14.3 Å². The van der Waals surface area contributed by atoms with E-state index in [1.807, 2.05) is 20.8 Å². The van der Waals surface area contributed by atoms with E-state index in [0.717, 1.165) is 19.3 Å². The van der Waals surface area contributed by atoms with Crippen LogP contribution in [-0.2, 0) is 22.5 Å². The Morgan fingerprint density at radius 3 is 1.85 bits per heavy atom. The zero-order chi connectivity index (χ0) is 20.5. The van der Waals surface area contributed by atoms with Crippen LogP contribution >= 0.6 is 0 Å². The van der Waals surface area contributed by atoms with Crippen molar-refractivity contribution in [3.8, 4) is 0 Å². The van der Waals surface area contributed by atoms with E-state index in [4.69, 9.17) is 17.7 Å². The van der Waals surface area contributed by atoms with Crippen molar-refractivity contribution in [2.24, 2.45) is 17.8 Å². The van der Waals surface area contributed by atoms with E-state index >= 15 is 0 Å². The highest BCUT2D eigenvalue weighted by Gasteiger charge is 2.62. The number of carbonyl (C=O) groups is 1. The van der Waals surface area contributed by atoms with Crippen LogP contribution in [-0.4, -0.2) is 42.9 Å². The minimum absolute atomic E-state index is 0.00573. The molecule has 2 fully saturated rings. The molecule has 0 aromatic rings. The molecule has 0 aromatic carbocycles. The summed E-state index contributed by atoms with van der Waals surface area (Å²) < 4.78 is 24.7. The van der Waals surface area contributed by atoms with E-state index in [2.05, 4.69) is 33.9 Å². The Morgan fingerprint density at radius 2 is 1.44 bits per heavy atom. The molecule has 2 aliphatic rings. The van der Waals surface area contributed by atoms with Crippen LogP contribution < -0.4 is 0 Å². The second kappa shape index (κ2) is 8.65. The van der Waals surface area contributed by atoms with Crippen molar-refractivity contribution < 1.29 is 22.5 Å². The minimum atomic E-state index is -2.80. The summed E-state index contributed by atoms with van der Waals surface area (Å²) in [6.07, 6.45) is 3.08. The highest BCUT2D eigenvalue weighted by molar-refractivity contribution is 6.75. The standard InChI is InChI=1S/C20H40O5Si2/c1-9-22-27(23-10-2,24-11-3)18-14-15-12-16(18)17(13-15)19(21)25-26(7,8)20(4,5)6/h15-18H,9-14H2,1-8H3. The Hall–Kier alpha value is -0.216. The van der Waals surface area contributed by atoms with Gasteiger partial charge in [-0.2, -0.15) is 0 Å². The fraction of sp³-hybridized carbons (Fsp3) is 0.950. The van der Waals surface area contributed by atoms with Crippen LogP contribution in [0.5, 0.6) is 0 Å². The van der Waals surface area contributed by atoms with Crippen LogP contribution in [0.1, 0.15) is 60.8 Å². The van der Waals surface area contributed by atoms with Crippen molar-refractivity contribution in [3.63, 3.8) is 0 Å². The molecule has 0 spiro atoms. The van der Waals surface area contributed by atoms with Crippen LogP contribution in [0.2, 0.25) is 23.7 Å². The van der Waals surface area contributed by atoms with E-state index in [-0.39, 0.29) is 28.4 Å². The van der Waals surface area contributed by atoms with Crippen LogP contribution in [0.25, 0.3) is 0 Å². The SMILES string of the molecule is CCO[Si](OCC)(OCC)C1CC2CC(C(=O)O[Si](C)(C)C(C)(C)C)C1C2. The topological polar surface area (TPSA) is 54.0 Å². The lowest BCUT2D eigenvalue weighted by Gasteiger charge is -2.41. The summed E-state index contributed by atoms with van der Waals surface area (Å²) in [5.41, 5.74) is 0.216. The molecule has 0 aromatic heterocycles. The summed E-state index contributed by atoms with van der Waals surface area (Å²) in [6, 6.07) is 0. The smallest absolute Gasteiger partial charge is 0.504 e. The first kappa shape index (κ1) is 23.1. The Balaban J connectivity index is 2.20. The zero-order valence-electron chi connectivity index (χ0n) is 18.6. The average molecular weight is 417 g/mol. The van der Waals surface area contributed by atoms with Gasteiger partial charge in [-0.3, -0.25) is 4.79 Å². The average Bonchev–Trinajstić information content (AvgIpc) is 3.14. The third-order valence-corrected chi connectivity index (χ3v) is 14.7. The van der Waals surface area contributed by atoms with E-state index in [0.29, 0.717) is 25.7 Å². The summed E-state index contributed by atoms with van der Waals surface area (Å²) in [5.74, 6) is 0.802. The molecular weight excluding hydrogens is 376 g/mol. The van der Waals surface area contributed by atoms with Crippen LogP contribution in [0.4, 0.5) is 0 Å². The van der Waals surface area contributed by atoms with Crippen LogP contribution in [0.3, 0.4) is 0 Å². The van der Waals surface area contributed by atoms with E-state index in [1.54, 1.807) is 0 Å². The van der Waals surface area contributed by atoms with Crippen molar-refractivity contribution in [1.29, 1.82) is 0 Å². The van der Waals surface area contributed by atoms with Gasteiger partial charge in [0.05, 0.1) is 5.92 Å². The first-order valence-corrected chi connectivity index (χ1v) is 15.4. The van der Waals surface area contributed by atoms with Crippen molar-refractivity contribution >= 4 is 23.1 Å². The third kappa shape index (κ3) is 4.69. The summed E-state index contributed by atoms with van der Waals surface area (Å²) in [7, 11) is -4.90. The minimum Gasteiger partial charge on any atom is -0.519 e. The molecule has 7 heteroatoms. The normalized spacial score (nSPS) is 28.6. The lowest BCUT2D eigenvalue weighted by atomic mass is 9.88. The monoisotopic (exact) mass is 416 g/mol. The maximum absolute atomic E-state index is 13.1. The number of carbonyl (C=O) groups excluding carboxylic acids is 1. The zero-order valence-corrected chi connectivity index (χ0v) is 20.6. The fourth-order valence-electron chi connectivity index (χ4n) is 4.56. The molecule has 2 bridgehead atoms. The molecule has 2 rings (SSSR count). The predicted octanol–water partition coefficient (Wildman–Crippen LogP) is 5.00. The summed E-state index contributed by atoms with van der Waals surface area (Å²) >= 11 is 0. The van der Waals surface area contributed by atoms with Gasteiger partial charge in [-0.05, 0) is 70.0 Å². The largest absolute Gasteiger partial charge is 0.519 e. The van der Waals surface area contributed by atoms with Gasteiger partial charge in [0.15, 0.2) is 0 Å². The molecule has 0 amide bonds. The predicted molar refractivity (Wildman–Crippen MR) is 112 cm³/mol. The quantitative estimate of drug-likeness (QED) is 0.495. The van der Waals surface area contributed by atoms with Gasteiger partial charge >= 0.3 is 8.80 Å². The first-order valence-electron chi connectivity index (χ1n) is 10.7. The molecule has 4 unspecified atom stereocenters. The van der Waals surface area contributed by atoms with Crippen molar-refractivity contribution in [3.05, 3.63) is 0 Å². The highest BCUT2D eigenvalue weighted by atomic mass is 28.4. The number of rotatable bonds is 9. The lowest BCUT2D eigenvalue weighted by Crippen LogP contribution is -2.53. The van der Waals surface area contributed by atoms with Crippen molar-refractivity contribution in [2.75, 3.05) is 19.8 Å². The van der Waals surface area contributed by atoms with Gasteiger partial charge in [0.1, 0.15) is 0 Å². The Labute approximate surface area is 168 Å². The Kier molecular flexibility index (Phi) is 7.39. The molecule has 0 aliphatic heterocycles. The van der Waals surface area contributed by atoms with E-state index in [1.165, 1.54) is 0 Å². The summed E-state index contributed by atoms with van der Waals surface area (Å²) in [6.45, 7) is 18.6. The molecule has 5 nitrogen and oxygen atoms in total. The van der Waals surface area contributed by atoms with Gasteiger partial charge in [-0.15, -0.1) is 0 Å². The summed E-state index contributed by atoms with van der Waals surface area (Å²) in [5, 5.41) is 0.0279. The van der Waals surface area contributed by atoms with Gasteiger partial charge in [0, 0.05) is 25.4 Å². The fourth-order valence-corrected chi connectivity index (χ4v) is 9.13. The number of hydrogen-bond donors (Lipinski definition) is 0. The maximum atomic E-state index is 13.1. The number of hydrogen-bond acceptors (Lipinski definition) is 5. The molecule has 27 heavy (non-hydrogen) atoms. The van der Waals surface area contributed by atoms with Gasteiger partial charge in [-0.25, -0.2) is 0 Å². The van der Waals surface area contributed by atoms with Gasteiger partial charge in [0.2, 0.25) is 0 Å². The molecule has 0 N–H and O–H groups in total. The van der Waals surface area contributed by atoms with E-state index < -0.39 is 17.1 Å². The molecular formula is C20H40O5Si2. The molecule has 0 heterocycles. The molecule has 4 atom stereocenters. The van der Waals surface area contributed by atoms with Crippen molar-refractivity contribution in [1.82, 2.24) is 0 Å². The molecule has 2 aliphatic carbocycles. The van der Waals surface area contributed by atoms with Gasteiger partial charge in [-0.1, -0.05) is 20.8 Å². The molecule has 0 radical (unpaired) electrons. The first-order chi connectivity index (χ1) is 12.5. The second-order valence-electron chi connectivity index (χ2n) is 9.53. The van der Waals surface area contributed by atoms with Gasteiger partial charge < -0.3 is 17.7 Å². The maximum Gasteiger partial charge on any atom is 0.504 e. The number of fused-ring (bicyclic) bond motifs is 2. The van der Waals surface area contributed by atoms with E-state index in [9.17, 15) is 4.79 Å². The Bertz CT molecular complexity index is 500. The van der Waals surface area contributed by atoms with Crippen molar-refractivity contribution in [2.45, 2.75) is 84.5 Å².